The Morgan fingerprint density at radius 2 is 2.24 bits per heavy atom. The van der Waals surface area contributed by atoms with Crippen LogP contribution in [-0.2, 0) is 13.0 Å². The lowest BCUT2D eigenvalue weighted by Gasteiger charge is -2.24. The Balaban J connectivity index is 1.99. The molecule has 0 aliphatic carbocycles. The van der Waals surface area contributed by atoms with E-state index in [0.717, 1.165) is 30.9 Å². The number of aromatic nitrogens is 2. The summed E-state index contributed by atoms with van der Waals surface area (Å²) in [6.07, 6.45) is 3.45. The zero-order valence-electron chi connectivity index (χ0n) is 13.0. The quantitative estimate of drug-likeness (QED) is 0.787. The summed E-state index contributed by atoms with van der Waals surface area (Å²) in [5.74, 6) is 1.77. The fourth-order valence-corrected chi connectivity index (χ4v) is 3.71. The van der Waals surface area contributed by atoms with E-state index in [1.165, 1.54) is 30.5 Å². The Morgan fingerprint density at radius 3 is 3.00 bits per heavy atom. The first-order valence-corrected chi connectivity index (χ1v) is 8.52. The lowest BCUT2D eigenvalue weighted by Crippen LogP contribution is -2.33. The SMILES string of the molecule is CCN1CCCC1Cn1c(CCCl)nc2c(C)cccc21. The molecule has 4 heteroatoms. The number of rotatable bonds is 5. The normalized spacial score (nSPS) is 19.7. The number of nitrogens with zero attached hydrogens (tertiary/aromatic N) is 3. The van der Waals surface area contributed by atoms with E-state index < -0.39 is 0 Å². The molecule has 0 amide bonds. The standard InChI is InChI=1S/C17H24ClN3/c1-3-20-11-5-7-14(20)12-21-15-8-4-6-13(2)17(15)19-16(21)9-10-18/h4,6,8,14H,3,5,7,9-12H2,1-2H3. The number of alkyl halides is 1. The highest BCUT2D eigenvalue weighted by Gasteiger charge is 2.25. The van der Waals surface area contributed by atoms with Crippen LogP contribution in [0.25, 0.3) is 11.0 Å². The molecule has 1 atom stereocenters. The molecule has 3 nitrogen and oxygen atoms in total. The molecule has 3 rings (SSSR count). The van der Waals surface area contributed by atoms with Gasteiger partial charge in [-0.15, -0.1) is 11.6 Å². The minimum Gasteiger partial charge on any atom is -0.326 e. The van der Waals surface area contributed by atoms with Crippen molar-refractivity contribution in [3.63, 3.8) is 0 Å². The van der Waals surface area contributed by atoms with Crippen molar-refractivity contribution in [1.29, 1.82) is 0 Å². The lowest BCUT2D eigenvalue weighted by atomic mass is 10.2. The van der Waals surface area contributed by atoms with Gasteiger partial charge in [0.05, 0.1) is 11.0 Å². The molecule has 1 saturated heterocycles. The van der Waals surface area contributed by atoms with Crippen LogP contribution in [0.5, 0.6) is 0 Å². The van der Waals surface area contributed by atoms with Crippen LogP contribution in [0.2, 0.25) is 0 Å². The molecular formula is C17H24ClN3. The summed E-state index contributed by atoms with van der Waals surface area (Å²) in [5, 5.41) is 0. The first-order valence-electron chi connectivity index (χ1n) is 7.99. The Morgan fingerprint density at radius 1 is 1.38 bits per heavy atom. The van der Waals surface area contributed by atoms with Crippen molar-refractivity contribution in [2.45, 2.75) is 45.7 Å². The van der Waals surface area contributed by atoms with E-state index in [1.54, 1.807) is 0 Å². The highest BCUT2D eigenvalue weighted by molar-refractivity contribution is 6.17. The topological polar surface area (TPSA) is 21.1 Å². The van der Waals surface area contributed by atoms with Crippen LogP contribution in [0.15, 0.2) is 18.2 Å². The third-order valence-corrected chi connectivity index (χ3v) is 4.87. The molecule has 0 bridgehead atoms. The Bertz CT molecular complexity index is 620. The predicted octanol–water partition coefficient (Wildman–Crippen LogP) is 3.61. The van der Waals surface area contributed by atoms with E-state index >= 15 is 0 Å². The van der Waals surface area contributed by atoms with Crippen LogP contribution in [0.3, 0.4) is 0 Å². The number of imidazole rings is 1. The van der Waals surface area contributed by atoms with E-state index in [0.29, 0.717) is 11.9 Å². The number of benzene rings is 1. The number of fused-ring (bicyclic) bond motifs is 1. The van der Waals surface area contributed by atoms with Crippen LogP contribution in [-0.4, -0.2) is 39.5 Å². The van der Waals surface area contributed by atoms with Gasteiger partial charge in [-0.05, 0) is 44.5 Å². The molecule has 21 heavy (non-hydrogen) atoms. The van der Waals surface area contributed by atoms with Crippen molar-refractivity contribution in [3.05, 3.63) is 29.6 Å². The van der Waals surface area contributed by atoms with Crippen LogP contribution in [0.1, 0.15) is 31.2 Å². The monoisotopic (exact) mass is 305 g/mol. The molecule has 1 aromatic heterocycles. The van der Waals surface area contributed by atoms with Crippen molar-refractivity contribution in [3.8, 4) is 0 Å². The van der Waals surface area contributed by atoms with Gasteiger partial charge in [0, 0.05) is 24.9 Å². The minimum atomic E-state index is 0.629. The minimum absolute atomic E-state index is 0.629. The number of para-hydroxylation sites is 1. The Labute approximate surface area is 131 Å². The fraction of sp³-hybridized carbons (Fsp3) is 0.588. The number of hydrogen-bond donors (Lipinski definition) is 0. The van der Waals surface area contributed by atoms with Crippen LogP contribution >= 0.6 is 11.6 Å². The molecule has 114 valence electrons. The highest BCUT2D eigenvalue weighted by Crippen LogP contribution is 2.24. The van der Waals surface area contributed by atoms with Gasteiger partial charge in [0.1, 0.15) is 5.82 Å². The number of hydrogen-bond acceptors (Lipinski definition) is 2. The Kier molecular flexibility index (Phi) is 4.51. The maximum absolute atomic E-state index is 5.98. The Hall–Kier alpha value is -1.06. The van der Waals surface area contributed by atoms with E-state index in [-0.39, 0.29) is 0 Å². The second kappa shape index (κ2) is 6.37. The third kappa shape index (κ3) is 2.82. The largest absolute Gasteiger partial charge is 0.326 e. The summed E-state index contributed by atoms with van der Waals surface area (Å²) in [5.41, 5.74) is 3.65. The van der Waals surface area contributed by atoms with E-state index in [1.807, 2.05) is 0 Å². The second-order valence-corrected chi connectivity index (χ2v) is 6.32. The van der Waals surface area contributed by atoms with Gasteiger partial charge in [-0.1, -0.05) is 19.1 Å². The maximum Gasteiger partial charge on any atom is 0.111 e. The number of likely N-dealkylation sites (N-methyl/N-ethyl adjacent to an activating group) is 1. The van der Waals surface area contributed by atoms with Crippen LogP contribution in [0.4, 0.5) is 0 Å². The average molecular weight is 306 g/mol. The molecule has 0 saturated carbocycles. The molecule has 1 aliphatic heterocycles. The van der Waals surface area contributed by atoms with Crippen LogP contribution in [0, 0.1) is 6.92 Å². The summed E-state index contributed by atoms with van der Waals surface area (Å²) in [7, 11) is 0. The van der Waals surface area contributed by atoms with Gasteiger partial charge >= 0.3 is 0 Å². The molecule has 0 radical (unpaired) electrons. The first kappa shape index (κ1) is 14.9. The first-order chi connectivity index (χ1) is 10.2. The smallest absolute Gasteiger partial charge is 0.111 e. The lowest BCUT2D eigenvalue weighted by molar-refractivity contribution is 0.244. The van der Waals surface area contributed by atoms with Crippen molar-refractivity contribution in [2.24, 2.45) is 0 Å². The second-order valence-electron chi connectivity index (χ2n) is 5.94. The predicted molar refractivity (Wildman–Crippen MR) is 89.2 cm³/mol. The summed E-state index contributed by atoms with van der Waals surface area (Å²) < 4.78 is 2.41. The van der Waals surface area contributed by atoms with Gasteiger partial charge in [0.2, 0.25) is 0 Å². The van der Waals surface area contributed by atoms with Gasteiger partial charge in [-0.25, -0.2) is 4.98 Å². The number of aryl methyl sites for hydroxylation is 2. The average Bonchev–Trinajstić information content (AvgIpc) is 3.06. The van der Waals surface area contributed by atoms with E-state index in [2.05, 4.69) is 41.5 Å². The van der Waals surface area contributed by atoms with E-state index in [9.17, 15) is 0 Å². The molecule has 1 unspecified atom stereocenters. The highest BCUT2D eigenvalue weighted by atomic mass is 35.5. The summed E-state index contributed by atoms with van der Waals surface area (Å²) in [4.78, 5) is 7.44. The number of likely N-dealkylation sites (tertiary alicyclic amines) is 1. The van der Waals surface area contributed by atoms with Gasteiger partial charge in [-0.2, -0.15) is 0 Å². The molecule has 0 N–H and O–H groups in total. The summed E-state index contributed by atoms with van der Waals surface area (Å²) in [6, 6.07) is 7.10. The zero-order valence-corrected chi connectivity index (χ0v) is 13.7. The van der Waals surface area contributed by atoms with Crippen LogP contribution < -0.4 is 0 Å². The maximum atomic E-state index is 5.98. The fourth-order valence-electron chi connectivity index (χ4n) is 3.54. The number of halogens is 1. The zero-order chi connectivity index (χ0) is 14.8. The van der Waals surface area contributed by atoms with Gasteiger partial charge in [0.25, 0.3) is 0 Å². The molecule has 2 aromatic rings. The molecular weight excluding hydrogens is 282 g/mol. The van der Waals surface area contributed by atoms with Gasteiger partial charge in [-0.3, -0.25) is 4.90 Å². The summed E-state index contributed by atoms with van der Waals surface area (Å²) in [6.45, 7) is 7.81. The third-order valence-electron chi connectivity index (χ3n) is 4.68. The molecule has 1 fully saturated rings. The van der Waals surface area contributed by atoms with Gasteiger partial charge in [0.15, 0.2) is 0 Å². The molecule has 2 heterocycles. The van der Waals surface area contributed by atoms with Crippen molar-refractivity contribution < 1.29 is 0 Å². The summed E-state index contributed by atoms with van der Waals surface area (Å²) >= 11 is 5.98. The van der Waals surface area contributed by atoms with Gasteiger partial charge < -0.3 is 4.57 Å². The molecule has 0 spiro atoms. The van der Waals surface area contributed by atoms with Crippen molar-refractivity contribution >= 4 is 22.6 Å². The van der Waals surface area contributed by atoms with E-state index in [4.69, 9.17) is 16.6 Å². The molecule has 1 aliphatic rings. The molecule has 1 aromatic carbocycles. The van der Waals surface area contributed by atoms with Crippen molar-refractivity contribution in [2.75, 3.05) is 19.0 Å². The van der Waals surface area contributed by atoms with Crippen molar-refractivity contribution in [1.82, 2.24) is 14.5 Å².